The highest BCUT2D eigenvalue weighted by atomic mass is 35.5. The third kappa shape index (κ3) is 11.3. The van der Waals surface area contributed by atoms with E-state index in [0.29, 0.717) is 10.0 Å². The molecular formula is C51H40Cl4N2O9S2. The van der Waals surface area contributed by atoms with E-state index in [2.05, 4.69) is 4.98 Å². The van der Waals surface area contributed by atoms with Crippen LogP contribution >= 0.6 is 70.8 Å². The lowest BCUT2D eigenvalue weighted by Gasteiger charge is -2.46. The van der Waals surface area contributed by atoms with Gasteiger partial charge in [0.25, 0.3) is 5.56 Å². The number of hydrogen-bond acceptors (Lipinski definition) is 11. The van der Waals surface area contributed by atoms with Crippen molar-refractivity contribution in [1.82, 2.24) is 9.55 Å². The van der Waals surface area contributed by atoms with Crippen LogP contribution in [0.5, 0.6) is 11.5 Å². The maximum absolute atomic E-state index is 14.0. The molecule has 2 heterocycles. The Morgan fingerprint density at radius 1 is 0.647 bits per heavy atom. The maximum atomic E-state index is 14.0. The Hall–Kier alpha value is -5.58. The normalized spacial score (nSPS) is 18.0. The first-order valence-electron chi connectivity index (χ1n) is 21.0. The average Bonchev–Trinajstić information content (AvgIpc) is 3.34. The summed E-state index contributed by atoms with van der Waals surface area (Å²) in [7, 11) is 0. The summed E-state index contributed by atoms with van der Waals surface area (Å²) in [5.41, 5.74) is 0.677. The fourth-order valence-corrected chi connectivity index (χ4v) is 9.09. The van der Waals surface area contributed by atoms with Gasteiger partial charge in [-0.1, -0.05) is 168 Å². The van der Waals surface area contributed by atoms with Crippen LogP contribution in [-0.2, 0) is 35.9 Å². The van der Waals surface area contributed by atoms with Crippen molar-refractivity contribution in [3.05, 3.63) is 233 Å². The minimum atomic E-state index is -1.42. The van der Waals surface area contributed by atoms with Crippen molar-refractivity contribution in [2.24, 2.45) is 0 Å². The van der Waals surface area contributed by atoms with Crippen LogP contribution in [0.25, 0.3) is 0 Å². The van der Waals surface area contributed by atoms with Crippen molar-refractivity contribution in [2.45, 2.75) is 49.8 Å². The molecule has 0 amide bonds. The second kappa shape index (κ2) is 22.2. The van der Waals surface area contributed by atoms with Crippen LogP contribution in [0.15, 0.2) is 174 Å². The number of nitrogens with zero attached hydrogens (tertiary/aromatic N) is 1. The molecule has 1 aliphatic heterocycles. The van der Waals surface area contributed by atoms with Gasteiger partial charge in [-0.15, -0.1) is 0 Å². The van der Waals surface area contributed by atoms with Crippen LogP contribution in [-0.4, -0.2) is 51.0 Å². The predicted octanol–water partition coefficient (Wildman–Crippen LogP) is 11.4. The van der Waals surface area contributed by atoms with E-state index in [4.69, 9.17) is 104 Å². The second-order valence-corrected chi connectivity index (χ2v) is 17.8. The minimum Gasteiger partial charge on any atom is -0.447 e. The Labute approximate surface area is 421 Å². The molecule has 0 aliphatic carbocycles. The molecule has 5 atom stereocenters. The summed E-state index contributed by atoms with van der Waals surface area (Å²) in [5, 5.41) is 0.214. The van der Waals surface area contributed by atoms with Gasteiger partial charge in [0.05, 0.1) is 23.3 Å². The Balaban J connectivity index is 1.28. The topological polar surface area (TPSA) is 119 Å². The smallest absolute Gasteiger partial charge is 0.358 e. The third-order valence-electron chi connectivity index (χ3n) is 11.0. The Morgan fingerprint density at radius 2 is 1.12 bits per heavy atom. The summed E-state index contributed by atoms with van der Waals surface area (Å²) in [6, 6.07) is 47.7. The first kappa shape index (κ1) is 48.9. The van der Waals surface area contributed by atoms with Gasteiger partial charge in [0, 0.05) is 46.2 Å². The van der Waals surface area contributed by atoms with Crippen LogP contribution in [0.4, 0.5) is 0 Å². The molecule has 1 aliphatic rings. The molecule has 1 aromatic heterocycles. The predicted molar refractivity (Wildman–Crippen MR) is 269 cm³/mol. The molecule has 0 spiro atoms. The van der Waals surface area contributed by atoms with E-state index in [0.717, 1.165) is 22.3 Å². The number of rotatable bonds is 14. The number of halogens is 4. The number of benzene rings is 6. The SMILES string of the molecule is Cc1cn([C@@H]2O[C@H](COC(c3ccccc3)(c3ccccc3)c3ccccc3)[C@@H](OC(=S)Oc3ccc(Cl)cc3Cl)[C@@H](OCc3ccccc3)[C@H]2OC(=S)Oc2ccc(Cl)cc2Cl)c(=O)[nH]c1=O. The molecule has 0 saturated carbocycles. The molecule has 11 nitrogen and oxygen atoms in total. The quantitative estimate of drug-likeness (QED) is 0.0828. The standard InChI is InChI=1S/C51H40Cl4N2O9S2/c1-31-28-57(48(59)56-46(31)58)47-45(66-50(68)64-41-25-23-37(53)27-39(41)55)44(60-29-32-14-6-2-7-15-32)43(65-49(67)63-40-24-22-36(52)26-38(40)54)42(62-47)30-61-51(33-16-8-3-9-17-33,34-18-10-4-11-19-34)35-20-12-5-13-21-35/h2-28,42-45,47H,29-30H2,1H3,(H,56,58,59)/t42-,43-,44-,45-,47-/m1/s1. The lowest BCUT2D eigenvalue weighted by Crippen LogP contribution is -2.62. The first-order valence-corrected chi connectivity index (χ1v) is 23.3. The lowest BCUT2D eigenvalue weighted by molar-refractivity contribution is -0.266. The van der Waals surface area contributed by atoms with E-state index in [1.165, 1.54) is 29.0 Å². The third-order valence-corrected chi connectivity index (χ3v) is 12.4. The molecule has 0 bridgehead atoms. The van der Waals surface area contributed by atoms with Gasteiger partial charge >= 0.3 is 16.2 Å². The molecule has 0 radical (unpaired) electrons. The van der Waals surface area contributed by atoms with E-state index >= 15 is 0 Å². The Kier molecular flexibility index (Phi) is 16.0. The van der Waals surface area contributed by atoms with E-state index in [9.17, 15) is 9.59 Å². The van der Waals surface area contributed by atoms with Crippen LogP contribution in [0.1, 0.15) is 34.0 Å². The summed E-state index contributed by atoms with van der Waals surface area (Å²) in [6.45, 7) is 1.28. The molecular weight excluding hydrogens is 991 g/mol. The van der Waals surface area contributed by atoms with E-state index in [1.807, 2.05) is 121 Å². The summed E-state index contributed by atoms with van der Waals surface area (Å²) in [4.78, 5) is 29.2. The molecule has 1 saturated heterocycles. The zero-order valence-corrected chi connectivity index (χ0v) is 40.5. The molecule has 0 unspecified atom stereocenters. The van der Waals surface area contributed by atoms with Crippen molar-refractivity contribution in [3.8, 4) is 11.5 Å². The van der Waals surface area contributed by atoms with Crippen molar-refractivity contribution in [3.63, 3.8) is 0 Å². The van der Waals surface area contributed by atoms with Crippen LogP contribution in [0.2, 0.25) is 20.1 Å². The second-order valence-electron chi connectivity index (χ2n) is 15.4. The summed E-state index contributed by atoms with van der Waals surface area (Å²) in [6.07, 6.45) is -5.18. The average molecular weight is 1030 g/mol. The molecule has 8 rings (SSSR count). The van der Waals surface area contributed by atoms with Gasteiger partial charge in [-0.25, -0.2) is 4.79 Å². The minimum absolute atomic E-state index is 0.0136. The Bertz CT molecular complexity index is 2890. The van der Waals surface area contributed by atoms with Gasteiger partial charge in [-0.3, -0.25) is 14.3 Å². The number of H-pyrrole nitrogens is 1. The summed E-state index contributed by atoms with van der Waals surface area (Å²) in [5.74, 6) is 0.277. The highest BCUT2D eigenvalue weighted by Crippen LogP contribution is 2.43. The maximum Gasteiger partial charge on any atom is 0.358 e. The van der Waals surface area contributed by atoms with E-state index in [1.54, 1.807) is 25.1 Å². The first-order chi connectivity index (χ1) is 32.9. The number of aromatic nitrogens is 2. The monoisotopic (exact) mass is 1030 g/mol. The molecule has 68 heavy (non-hydrogen) atoms. The highest BCUT2D eigenvalue weighted by Gasteiger charge is 2.53. The lowest BCUT2D eigenvalue weighted by atomic mass is 9.80. The zero-order chi connectivity index (χ0) is 47.8. The van der Waals surface area contributed by atoms with Gasteiger partial charge in [-0.2, -0.15) is 0 Å². The molecule has 6 aromatic carbocycles. The van der Waals surface area contributed by atoms with Crippen molar-refractivity contribution >= 4 is 81.3 Å². The van der Waals surface area contributed by atoms with Gasteiger partial charge in [-0.05, 0) is 65.6 Å². The molecule has 348 valence electrons. The highest BCUT2D eigenvalue weighted by molar-refractivity contribution is 7.80. The molecule has 1 N–H and O–H groups in total. The summed E-state index contributed by atoms with van der Waals surface area (Å²) >= 11 is 36.9. The zero-order valence-electron chi connectivity index (χ0n) is 35.8. The van der Waals surface area contributed by atoms with Gasteiger partial charge in [0.2, 0.25) is 0 Å². The van der Waals surface area contributed by atoms with Gasteiger partial charge in [0.1, 0.15) is 17.8 Å². The largest absolute Gasteiger partial charge is 0.447 e. The van der Waals surface area contributed by atoms with Gasteiger partial charge in [0.15, 0.2) is 29.9 Å². The fourth-order valence-electron chi connectivity index (χ4n) is 7.79. The molecule has 7 aromatic rings. The van der Waals surface area contributed by atoms with E-state index in [-0.39, 0.29) is 45.6 Å². The number of aromatic amines is 1. The van der Waals surface area contributed by atoms with Gasteiger partial charge < -0.3 is 33.2 Å². The number of ether oxygens (including phenoxy) is 7. The molecule has 1 fully saturated rings. The van der Waals surface area contributed by atoms with Crippen molar-refractivity contribution < 1.29 is 33.2 Å². The Morgan fingerprint density at radius 3 is 1.60 bits per heavy atom. The number of thiocarbonyl (C=S) groups is 2. The van der Waals surface area contributed by atoms with E-state index < -0.39 is 52.7 Å². The van der Waals surface area contributed by atoms with Crippen LogP contribution in [0, 0.1) is 6.92 Å². The molecule has 17 heteroatoms. The van der Waals surface area contributed by atoms with Crippen molar-refractivity contribution in [2.75, 3.05) is 6.61 Å². The fraction of sp³-hybridized carbons (Fsp3) is 0.176. The van der Waals surface area contributed by atoms with Crippen molar-refractivity contribution in [1.29, 1.82) is 0 Å². The number of hydrogen-bond donors (Lipinski definition) is 1. The van der Waals surface area contributed by atoms with Crippen LogP contribution < -0.4 is 20.7 Å². The summed E-state index contributed by atoms with van der Waals surface area (Å²) < 4.78 is 47.5. The number of aryl methyl sites for hydroxylation is 1. The van der Waals surface area contributed by atoms with Crippen LogP contribution in [0.3, 0.4) is 0 Å². The number of nitrogens with one attached hydrogen (secondary N) is 1.